The average Bonchev–Trinajstić information content (AvgIpc) is 3.27. The second-order valence-electron chi connectivity index (χ2n) is 14.3. The van der Waals surface area contributed by atoms with E-state index in [2.05, 4.69) is 156 Å². The molecule has 2 aromatic heterocycles. The van der Waals surface area contributed by atoms with Crippen molar-refractivity contribution in [3.05, 3.63) is 210 Å². The molecule has 3 aromatic carbocycles. The highest BCUT2D eigenvalue weighted by Crippen LogP contribution is 2.41. The Morgan fingerprint density at radius 3 is 2.13 bits per heavy atom. The van der Waals surface area contributed by atoms with Crippen LogP contribution in [0, 0.1) is 5.92 Å². The average molecular weight is 699 g/mol. The van der Waals surface area contributed by atoms with Gasteiger partial charge in [0.25, 0.3) is 0 Å². The first-order chi connectivity index (χ1) is 26.7. The van der Waals surface area contributed by atoms with Crippen molar-refractivity contribution in [3.8, 4) is 22.4 Å². The van der Waals surface area contributed by atoms with Crippen LogP contribution in [0.3, 0.4) is 0 Å². The fourth-order valence-electron chi connectivity index (χ4n) is 7.84. The summed E-state index contributed by atoms with van der Waals surface area (Å²) in [5.41, 5.74) is 15.8. The summed E-state index contributed by atoms with van der Waals surface area (Å²) in [5, 5.41) is 3.24. The first kappa shape index (κ1) is 33.4. The molecule has 0 radical (unpaired) electrons. The minimum absolute atomic E-state index is 0.159. The standard InChI is InChI=1S/C50H42N4/c1-3-7-35(8-4-1)37-11-15-39(16-12-37)45-31-46(40-17-13-38(14-18-40)36-9-5-2-6-10-36)33-47(32-45)41-19-21-42(22-20-41)48-34-49(43-23-27-51-28-24-43)54-50(53-48)44-25-29-52-30-26-44/h1-5,7-9,11-21,23-29,31-32,34,42,47,52H,6,10,22,30,33H2. The van der Waals surface area contributed by atoms with Crippen LogP contribution < -0.4 is 5.32 Å². The molecule has 2 unspecified atom stereocenters. The van der Waals surface area contributed by atoms with E-state index in [1.54, 1.807) is 0 Å². The second-order valence-corrected chi connectivity index (χ2v) is 14.3. The molecule has 3 aliphatic carbocycles. The van der Waals surface area contributed by atoms with E-state index in [0.29, 0.717) is 0 Å². The lowest BCUT2D eigenvalue weighted by molar-refractivity contribution is 0.747. The lowest BCUT2D eigenvalue weighted by atomic mass is 9.78. The molecule has 1 aliphatic heterocycles. The zero-order valence-corrected chi connectivity index (χ0v) is 30.3. The van der Waals surface area contributed by atoms with Gasteiger partial charge in [-0.3, -0.25) is 4.98 Å². The minimum Gasteiger partial charge on any atom is -0.387 e. The van der Waals surface area contributed by atoms with Crippen molar-refractivity contribution in [1.29, 1.82) is 0 Å². The summed E-state index contributed by atoms with van der Waals surface area (Å²) in [6, 6.07) is 35.1. The number of hydrogen-bond donors (Lipinski definition) is 1. The van der Waals surface area contributed by atoms with Crippen LogP contribution in [0.5, 0.6) is 0 Å². The number of allylic oxidation sites excluding steroid dienone is 14. The predicted molar refractivity (Wildman–Crippen MR) is 224 cm³/mol. The monoisotopic (exact) mass is 698 g/mol. The Morgan fingerprint density at radius 2 is 1.41 bits per heavy atom. The van der Waals surface area contributed by atoms with E-state index in [1.807, 2.05) is 30.7 Å². The molecule has 0 bridgehead atoms. The predicted octanol–water partition coefficient (Wildman–Crippen LogP) is 11.6. The number of nitrogens with one attached hydrogen (secondary N) is 1. The van der Waals surface area contributed by atoms with Gasteiger partial charge in [-0.05, 0) is 106 Å². The largest absolute Gasteiger partial charge is 0.387 e. The molecule has 4 heteroatoms. The SMILES string of the molecule is C1=CCCC(c2ccc(C3=CC(c4ccc(-c5ccccc5)cc4)=CC(C4=CCC(c5cc(-c6ccncc6)nc(C6=CCNC=C6)n5)C=C4)C3)cc2)=C1. The first-order valence-electron chi connectivity index (χ1n) is 19.1. The van der Waals surface area contributed by atoms with Gasteiger partial charge in [0.1, 0.15) is 0 Å². The van der Waals surface area contributed by atoms with Gasteiger partial charge < -0.3 is 5.32 Å². The van der Waals surface area contributed by atoms with Crippen molar-refractivity contribution >= 4 is 22.3 Å². The molecular formula is C50H42N4. The first-order valence-corrected chi connectivity index (χ1v) is 19.1. The van der Waals surface area contributed by atoms with Crippen molar-refractivity contribution in [2.75, 3.05) is 6.54 Å². The lowest BCUT2D eigenvalue weighted by Gasteiger charge is -2.26. The number of dihydropyridines is 1. The van der Waals surface area contributed by atoms with E-state index in [0.717, 1.165) is 60.6 Å². The van der Waals surface area contributed by atoms with Gasteiger partial charge >= 0.3 is 0 Å². The number of aromatic nitrogens is 3. The molecule has 5 aromatic rings. The maximum atomic E-state index is 5.13. The fraction of sp³-hybridized carbons (Fsp3) is 0.140. The second kappa shape index (κ2) is 15.3. The molecule has 0 saturated carbocycles. The van der Waals surface area contributed by atoms with Gasteiger partial charge in [0.15, 0.2) is 5.82 Å². The maximum absolute atomic E-state index is 5.13. The molecule has 262 valence electrons. The molecule has 0 spiro atoms. The molecule has 54 heavy (non-hydrogen) atoms. The van der Waals surface area contributed by atoms with Crippen LogP contribution >= 0.6 is 0 Å². The summed E-state index contributed by atoms with van der Waals surface area (Å²) >= 11 is 0. The van der Waals surface area contributed by atoms with Gasteiger partial charge in [-0.2, -0.15) is 0 Å². The molecule has 4 aliphatic rings. The fourth-order valence-corrected chi connectivity index (χ4v) is 7.84. The third kappa shape index (κ3) is 7.29. The van der Waals surface area contributed by atoms with Crippen molar-refractivity contribution in [3.63, 3.8) is 0 Å². The third-order valence-corrected chi connectivity index (χ3v) is 10.9. The number of benzene rings is 3. The van der Waals surface area contributed by atoms with Crippen molar-refractivity contribution in [2.24, 2.45) is 5.92 Å². The smallest absolute Gasteiger partial charge is 0.159 e. The van der Waals surface area contributed by atoms with Gasteiger partial charge in [0.05, 0.1) is 11.4 Å². The summed E-state index contributed by atoms with van der Waals surface area (Å²) in [5.74, 6) is 1.18. The zero-order valence-electron chi connectivity index (χ0n) is 30.3. The minimum atomic E-state index is 0.159. The number of nitrogens with zero attached hydrogens (tertiary/aromatic N) is 3. The molecule has 4 nitrogen and oxygen atoms in total. The number of pyridine rings is 1. The molecule has 0 fully saturated rings. The highest BCUT2D eigenvalue weighted by atomic mass is 14.9. The van der Waals surface area contributed by atoms with E-state index < -0.39 is 0 Å². The Morgan fingerprint density at radius 1 is 0.648 bits per heavy atom. The summed E-state index contributed by atoms with van der Waals surface area (Å²) in [6.07, 6.45) is 32.6. The summed E-state index contributed by atoms with van der Waals surface area (Å²) in [4.78, 5) is 14.4. The van der Waals surface area contributed by atoms with Crippen LogP contribution in [-0.4, -0.2) is 21.5 Å². The molecule has 2 atom stereocenters. The molecule has 3 heterocycles. The van der Waals surface area contributed by atoms with Gasteiger partial charge in [-0.1, -0.05) is 134 Å². The third-order valence-electron chi connectivity index (χ3n) is 10.9. The highest BCUT2D eigenvalue weighted by molar-refractivity contribution is 5.88. The van der Waals surface area contributed by atoms with Crippen LogP contribution in [-0.2, 0) is 0 Å². The van der Waals surface area contributed by atoms with Gasteiger partial charge in [-0.25, -0.2) is 9.97 Å². The van der Waals surface area contributed by atoms with E-state index in [1.165, 1.54) is 50.1 Å². The normalized spacial score (nSPS) is 19.2. The lowest BCUT2D eigenvalue weighted by Crippen LogP contribution is -2.12. The molecule has 9 rings (SSSR count). The Bertz CT molecular complexity index is 2400. The van der Waals surface area contributed by atoms with Gasteiger partial charge in [0, 0.05) is 41.9 Å². The quantitative estimate of drug-likeness (QED) is 0.175. The van der Waals surface area contributed by atoms with Crippen molar-refractivity contribution in [1.82, 2.24) is 20.3 Å². The van der Waals surface area contributed by atoms with Crippen LogP contribution in [0.1, 0.15) is 59.8 Å². The summed E-state index contributed by atoms with van der Waals surface area (Å²) < 4.78 is 0. The Balaban J connectivity index is 1.02. The Labute approximate surface area is 318 Å². The number of rotatable bonds is 8. The molecule has 0 saturated heterocycles. The summed E-state index contributed by atoms with van der Waals surface area (Å²) in [7, 11) is 0. The van der Waals surface area contributed by atoms with Crippen molar-refractivity contribution in [2.45, 2.75) is 31.6 Å². The molecule has 1 N–H and O–H groups in total. The summed E-state index contributed by atoms with van der Waals surface area (Å²) in [6.45, 7) is 0.768. The highest BCUT2D eigenvalue weighted by Gasteiger charge is 2.24. The zero-order chi connectivity index (χ0) is 36.1. The van der Waals surface area contributed by atoms with Crippen LogP contribution in [0.4, 0.5) is 0 Å². The van der Waals surface area contributed by atoms with Crippen molar-refractivity contribution < 1.29 is 0 Å². The molecular weight excluding hydrogens is 657 g/mol. The van der Waals surface area contributed by atoms with Gasteiger partial charge in [0.2, 0.25) is 0 Å². The number of hydrogen-bond acceptors (Lipinski definition) is 4. The van der Waals surface area contributed by atoms with E-state index in [-0.39, 0.29) is 11.8 Å². The van der Waals surface area contributed by atoms with Crippen LogP contribution in [0.25, 0.3) is 44.7 Å². The van der Waals surface area contributed by atoms with Crippen LogP contribution in [0.15, 0.2) is 182 Å². The van der Waals surface area contributed by atoms with E-state index in [4.69, 9.17) is 9.97 Å². The van der Waals surface area contributed by atoms with E-state index >= 15 is 0 Å². The van der Waals surface area contributed by atoms with Gasteiger partial charge in [-0.15, -0.1) is 0 Å². The Kier molecular flexibility index (Phi) is 9.48. The molecule has 0 amide bonds. The topological polar surface area (TPSA) is 50.7 Å². The van der Waals surface area contributed by atoms with E-state index in [9.17, 15) is 0 Å². The Hall–Kier alpha value is -6.39. The maximum Gasteiger partial charge on any atom is 0.159 e. The van der Waals surface area contributed by atoms with Crippen LogP contribution in [0.2, 0.25) is 0 Å².